The minimum atomic E-state index is 0.383. The fourth-order valence-corrected chi connectivity index (χ4v) is 3.00. The number of hydrogen-bond donors (Lipinski definition) is 1. The van der Waals surface area contributed by atoms with Gasteiger partial charge in [0.25, 0.3) is 0 Å². The topological polar surface area (TPSA) is 33.7 Å². The molecule has 0 saturated carbocycles. The number of methoxy groups -OCH3 is 2. The summed E-state index contributed by atoms with van der Waals surface area (Å²) in [6.45, 7) is 9.90. The van der Waals surface area contributed by atoms with E-state index >= 15 is 0 Å². The third-order valence-corrected chi connectivity index (χ3v) is 4.15. The first-order valence-corrected chi connectivity index (χ1v) is 7.84. The molecule has 0 aromatic heterocycles. The lowest BCUT2D eigenvalue weighted by molar-refractivity contribution is 0.243. The smallest absolute Gasteiger partial charge is 0.129 e. The summed E-state index contributed by atoms with van der Waals surface area (Å²) in [5.74, 6) is 2.31. The zero-order valence-corrected chi connectivity index (χ0v) is 13.7. The second kappa shape index (κ2) is 7.66. The van der Waals surface area contributed by atoms with E-state index in [9.17, 15) is 0 Å². The highest BCUT2D eigenvalue weighted by Gasteiger charge is 2.18. The Labute approximate surface area is 128 Å². The lowest BCUT2D eigenvalue weighted by Gasteiger charge is -2.27. The van der Waals surface area contributed by atoms with Gasteiger partial charge in [-0.25, -0.2) is 0 Å². The Morgan fingerprint density at radius 2 is 1.86 bits per heavy atom. The van der Waals surface area contributed by atoms with Gasteiger partial charge in [0.15, 0.2) is 0 Å². The van der Waals surface area contributed by atoms with Crippen LogP contribution in [0.15, 0.2) is 12.1 Å². The van der Waals surface area contributed by atoms with Crippen LogP contribution in [-0.4, -0.2) is 51.8 Å². The molecule has 1 aromatic carbocycles. The first kappa shape index (κ1) is 16.1. The largest absolute Gasteiger partial charge is 0.496 e. The summed E-state index contributed by atoms with van der Waals surface area (Å²) < 4.78 is 11.2. The van der Waals surface area contributed by atoms with Gasteiger partial charge < -0.3 is 19.7 Å². The van der Waals surface area contributed by atoms with E-state index in [-0.39, 0.29) is 0 Å². The van der Waals surface area contributed by atoms with Gasteiger partial charge in [-0.05, 0) is 24.0 Å². The molecule has 2 rings (SSSR count). The summed E-state index contributed by atoms with van der Waals surface area (Å²) in [5, 5.41) is 3.39. The molecular weight excluding hydrogens is 264 g/mol. The molecule has 1 aliphatic heterocycles. The minimum Gasteiger partial charge on any atom is -0.496 e. The fraction of sp³-hybridized carbons (Fsp3) is 0.647. The van der Waals surface area contributed by atoms with E-state index in [1.807, 2.05) is 0 Å². The molecule has 0 aliphatic carbocycles. The van der Waals surface area contributed by atoms with Gasteiger partial charge >= 0.3 is 0 Å². The van der Waals surface area contributed by atoms with Crippen LogP contribution in [0.25, 0.3) is 0 Å². The monoisotopic (exact) mass is 292 g/mol. The third kappa shape index (κ3) is 3.89. The van der Waals surface area contributed by atoms with Crippen molar-refractivity contribution in [2.45, 2.75) is 26.2 Å². The van der Waals surface area contributed by atoms with Crippen molar-refractivity contribution in [1.82, 2.24) is 10.2 Å². The van der Waals surface area contributed by atoms with Crippen LogP contribution in [0.3, 0.4) is 0 Å². The number of rotatable bonds is 6. The van der Waals surface area contributed by atoms with Crippen molar-refractivity contribution in [2.24, 2.45) is 0 Å². The van der Waals surface area contributed by atoms with E-state index in [0.29, 0.717) is 5.92 Å². The quantitative estimate of drug-likeness (QED) is 0.872. The average Bonchev–Trinajstić information content (AvgIpc) is 2.52. The van der Waals surface area contributed by atoms with Crippen LogP contribution in [-0.2, 0) is 6.42 Å². The van der Waals surface area contributed by atoms with Gasteiger partial charge in [0.1, 0.15) is 11.5 Å². The summed E-state index contributed by atoms with van der Waals surface area (Å²) in [5.41, 5.74) is 2.46. The lowest BCUT2D eigenvalue weighted by Crippen LogP contribution is -2.44. The molecule has 1 saturated heterocycles. The van der Waals surface area contributed by atoms with Crippen molar-refractivity contribution in [3.8, 4) is 11.5 Å². The summed E-state index contributed by atoms with van der Waals surface area (Å²) in [6, 6.07) is 4.22. The second-order valence-electron chi connectivity index (χ2n) is 5.87. The first-order valence-electron chi connectivity index (χ1n) is 7.84. The Balaban J connectivity index is 2.16. The van der Waals surface area contributed by atoms with E-state index in [1.54, 1.807) is 14.2 Å². The van der Waals surface area contributed by atoms with Crippen molar-refractivity contribution >= 4 is 0 Å². The predicted molar refractivity (Wildman–Crippen MR) is 86.6 cm³/mol. The predicted octanol–water partition coefficient (Wildman–Crippen LogP) is 2.27. The van der Waals surface area contributed by atoms with Gasteiger partial charge in [-0.3, -0.25) is 0 Å². The van der Waals surface area contributed by atoms with Crippen LogP contribution in [0.2, 0.25) is 0 Å². The van der Waals surface area contributed by atoms with Gasteiger partial charge in [0, 0.05) is 38.3 Å². The van der Waals surface area contributed by atoms with Gasteiger partial charge in [-0.1, -0.05) is 19.9 Å². The Morgan fingerprint density at radius 1 is 1.14 bits per heavy atom. The molecule has 0 bridgehead atoms. The molecule has 0 spiro atoms. The number of hydrogen-bond acceptors (Lipinski definition) is 4. The van der Waals surface area contributed by atoms with E-state index < -0.39 is 0 Å². The average molecular weight is 292 g/mol. The van der Waals surface area contributed by atoms with E-state index in [0.717, 1.165) is 50.6 Å². The first-order chi connectivity index (χ1) is 10.2. The second-order valence-corrected chi connectivity index (χ2v) is 5.87. The molecule has 1 heterocycles. The molecule has 0 amide bonds. The molecule has 4 heteroatoms. The SMILES string of the molecule is COc1ccc(CCN2CCNCC2)c(OC)c1C(C)C. The summed E-state index contributed by atoms with van der Waals surface area (Å²) >= 11 is 0. The maximum Gasteiger partial charge on any atom is 0.129 e. The van der Waals surface area contributed by atoms with Gasteiger partial charge in [0.2, 0.25) is 0 Å². The van der Waals surface area contributed by atoms with Crippen molar-refractivity contribution in [2.75, 3.05) is 46.9 Å². The fourth-order valence-electron chi connectivity index (χ4n) is 3.00. The van der Waals surface area contributed by atoms with Crippen LogP contribution in [0.5, 0.6) is 11.5 Å². The van der Waals surface area contributed by atoms with E-state index in [2.05, 4.69) is 36.2 Å². The molecule has 0 unspecified atom stereocenters. The van der Waals surface area contributed by atoms with Crippen molar-refractivity contribution in [1.29, 1.82) is 0 Å². The zero-order chi connectivity index (χ0) is 15.2. The molecule has 1 N–H and O–H groups in total. The highest BCUT2D eigenvalue weighted by molar-refractivity contribution is 5.52. The number of piperazine rings is 1. The maximum absolute atomic E-state index is 5.71. The van der Waals surface area contributed by atoms with Crippen molar-refractivity contribution in [3.63, 3.8) is 0 Å². The molecule has 1 aliphatic rings. The Morgan fingerprint density at radius 3 is 2.43 bits per heavy atom. The molecule has 1 aromatic rings. The third-order valence-electron chi connectivity index (χ3n) is 4.15. The standard InChI is InChI=1S/C17H28N2O2/c1-13(2)16-15(20-3)6-5-14(17(16)21-4)7-10-19-11-8-18-9-12-19/h5-6,13,18H,7-12H2,1-4H3. The van der Waals surface area contributed by atoms with Crippen LogP contribution in [0.4, 0.5) is 0 Å². The summed E-state index contributed by atoms with van der Waals surface area (Å²) in [4.78, 5) is 2.51. The lowest BCUT2D eigenvalue weighted by atomic mass is 9.96. The number of ether oxygens (including phenoxy) is 2. The summed E-state index contributed by atoms with van der Waals surface area (Å²) in [6.07, 6.45) is 1.02. The van der Waals surface area contributed by atoms with Crippen LogP contribution >= 0.6 is 0 Å². The Bertz CT molecular complexity index is 454. The molecule has 118 valence electrons. The normalized spacial score (nSPS) is 16.2. The highest BCUT2D eigenvalue weighted by Crippen LogP contribution is 2.37. The van der Waals surface area contributed by atoms with E-state index in [4.69, 9.17) is 9.47 Å². The number of nitrogens with zero attached hydrogens (tertiary/aromatic N) is 1. The molecule has 4 nitrogen and oxygen atoms in total. The van der Waals surface area contributed by atoms with Crippen molar-refractivity contribution < 1.29 is 9.47 Å². The van der Waals surface area contributed by atoms with Gasteiger partial charge in [0.05, 0.1) is 14.2 Å². The molecule has 0 radical (unpaired) electrons. The van der Waals surface area contributed by atoms with Crippen molar-refractivity contribution in [3.05, 3.63) is 23.3 Å². The van der Waals surface area contributed by atoms with Crippen LogP contribution in [0, 0.1) is 0 Å². The van der Waals surface area contributed by atoms with Gasteiger partial charge in [-0.2, -0.15) is 0 Å². The molecule has 1 fully saturated rings. The van der Waals surface area contributed by atoms with Gasteiger partial charge in [-0.15, -0.1) is 0 Å². The highest BCUT2D eigenvalue weighted by atomic mass is 16.5. The Kier molecular flexibility index (Phi) is 5.88. The molecular formula is C17H28N2O2. The van der Waals surface area contributed by atoms with Crippen LogP contribution < -0.4 is 14.8 Å². The number of benzene rings is 1. The zero-order valence-electron chi connectivity index (χ0n) is 13.7. The Hall–Kier alpha value is -1.26. The van der Waals surface area contributed by atoms with E-state index in [1.165, 1.54) is 11.1 Å². The maximum atomic E-state index is 5.71. The number of nitrogens with one attached hydrogen (secondary N) is 1. The molecule has 21 heavy (non-hydrogen) atoms. The minimum absolute atomic E-state index is 0.383. The summed E-state index contributed by atoms with van der Waals surface area (Å²) in [7, 11) is 3.48. The molecule has 0 atom stereocenters. The van der Waals surface area contributed by atoms with Crippen LogP contribution in [0.1, 0.15) is 30.9 Å².